The second-order valence-electron chi connectivity index (χ2n) is 5.72. The third-order valence-corrected chi connectivity index (χ3v) is 4.40. The molecule has 0 spiro atoms. The lowest BCUT2D eigenvalue weighted by atomic mass is 9.93. The lowest BCUT2D eigenvalue weighted by molar-refractivity contribution is -0.144. The maximum Gasteiger partial charge on any atom is 0.228 e. The highest BCUT2D eigenvalue weighted by Crippen LogP contribution is 2.23. The van der Waals surface area contributed by atoms with Crippen LogP contribution < -0.4 is 4.90 Å². The van der Waals surface area contributed by atoms with Gasteiger partial charge in [0.15, 0.2) is 5.82 Å². The predicted molar refractivity (Wildman–Crippen MR) is 79.0 cm³/mol. The first-order valence-electron chi connectivity index (χ1n) is 7.69. The van der Waals surface area contributed by atoms with E-state index >= 15 is 0 Å². The molecule has 3 heterocycles. The summed E-state index contributed by atoms with van der Waals surface area (Å²) >= 11 is 0. The molecule has 2 aliphatic heterocycles. The van der Waals surface area contributed by atoms with Gasteiger partial charge in [-0.2, -0.15) is 5.10 Å². The number of piperazine rings is 1. The average molecular weight is 290 g/mol. The van der Waals surface area contributed by atoms with Gasteiger partial charge in [0.25, 0.3) is 0 Å². The number of carbonyl (C=O) groups excluding carboxylic acids is 1. The van der Waals surface area contributed by atoms with Crippen molar-refractivity contribution in [3.8, 4) is 0 Å². The van der Waals surface area contributed by atoms with Crippen molar-refractivity contribution >= 4 is 11.7 Å². The zero-order valence-electron chi connectivity index (χ0n) is 12.4. The Labute approximate surface area is 125 Å². The summed E-state index contributed by atoms with van der Waals surface area (Å²) in [4.78, 5) is 16.8. The molecular weight excluding hydrogens is 268 g/mol. The van der Waals surface area contributed by atoms with Crippen molar-refractivity contribution in [2.45, 2.75) is 25.9 Å². The smallest absolute Gasteiger partial charge is 0.228 e. The van der Waals surface area contributed by atoms with Crippen molar-refractivity contribution in [1.29, 1.82) is 0 Å². The molecule has 6 nitrogen and oxygen atoms in total. The number of aromatic nitrogens is 2. The Balaban J connectivity index is 1.57. The Morgan fingerprint density at radius 1 is 1.33 bits per heavy atom. The summed E-state index contributed by atoms with van der Waals surface area (Å²) in [5.74, 6) is 1.17. The van der Waals surface area contributed by atoms with Gasteiger partial charge in [0.2, 0.25) is 5.91 Å². The van der Waals surface area contributed by atoms with E-state index in [0.29, 0.717) is 0 Å². The van der Waals surface area contributed by atoms with Crippen LogP contribution in [0.2, 0.25) is 0 Å². The van der Waals surface area contributed by atoms with Crippen molar-refractivity contribution in [3.05, 3.63) is 18.3 Å². The minimum Gasteiger partial charge on any atom is -0.378 e. The van der Waals surface area contributed by atoms with E-state index in [-0.39, 0.29) is 17.9 Å². The van der Waals surface area contributed by atoms with Gasteiger partial charge in [-0.15, -0.1) is 5.10 Å². The summed E-state index contributed by atoms with van der Waals surface area (Å²) in [5.41, 5.74) is 0. The van der Waals surface area contributed by atoms with E-state index in [9.17, 15) is 4.79 Å². The molecule has 21 heavy (non-hydrogen) atoms. The van der Waals surface area contributed by atoms with E-state index in [1.54, 1.807) is 6.20 Å². The van der Waals surface area contributed by atoms with E-state index < -0.39 is 0 Å². The SMILES string of the molecule is CC1OCCCC1C(=O)N1CCN(c2cccnn2)CC1. The normalized spacial score (nSPS) is 26.7. The summed E-state index contributed by atoms with van der Waals surface area (Å²) in [5, 5.41) is 8.04. The van der Waals surface area contributed by atoms with Gasteiger partial charge in [0, 0.05) is 39.0 Å². The van der Waals surface area contributed by atoms with Crippen LogP contribution in [-0.2, 0) is 9.53 Å². The molecule has 1 amide bonds. The lowest BCUT2D eigenvalue weighted by Crippen LogP contribution is -2.52. The van der Waals surface area contributed by atoms with E-state index in [4.69, 9.17) is 4.74 Å². The standard InChI is InChI=1S/C15H22N4O2/c1-12-13(4-3-11-21-12)15(20)19-9-7-18(8-10-19)14-5-2-6-16-17-14/h2,5-6,12-13H,3-4,7-11H2,1H3. The first-order valence-corrected chi connectivity index (χ1v) is 7.69. The third kappa shape index (κ3) is 3.15. The van der Waals surface area contributed by atoms with Crippen LogP contribution in [0.4, 0.5) is 5.82 Å². The topological polar surface area (TPSA) is 58.6 Å². The molecule has 2 aliphatic rings. The van der Waals surface area contributed by atoms with Gasteiger partial charge in [-0.1, -0.05) is 0 Å². The Morgan fingerprint density at radius 3 is 2.81 bits per heavy atom. The highest BCUT2D eigenvalue weighted by atomic mass is 16.5. The summed E-state index contributed by atoms with van der Waals surface area (Å²) in [6.07, 6.45) is 3.66. The molecule has 2 fully saturated rings. The van der Waals surface area contributed by atoms with Crippen molar-refractivity contribution in [1.82, 2.24) is 15.1 Å². The van der Waals surface area contributed by atoms with Crippen molar-refractivity contribution in [3.63, 3.8) is 0 Å². The largest absolute Gasteiger partial charge is 0.378 e. The second kappa shape index (κ2) is 6.39. The number of hydrogen-bond acceptors (Lipinski definition) is 5. The minimum absolute atomic E-state index is 0.0295. The molecule has 6 heteroatoms. The monoisotopic (exact) mass is 290 g/mol. The number of ether oxygens (including phenoxy) is 1. The fourth-order valence-electron chi connectivity index (χ4n) is 3.10. The zero-order chi connectivity index (χ0) is 14.7. The number of rotatable bonds is 2. The van der Waals surface area contributed by atoms with Gasteiger partial charge in [-0.25, -0.2) is 0 Å². The number of anilines is 1. The Kier molecular flexibility index (Phi) is 4.34. The maximum atomic E-state index is 12.6. The van der Waals surface area contributed by atoms with E-state index in [0.717, 1.165) is 51.4 Å². The molecule has 2 unspecified atom stereocenters. The average Bonchev–Trinajstić information content (AvgIpc) is 2.56. The zero-order valence-corrected chi connectivity index (χ0v) is 12.4. The molecule has 1 aromatic heterocycles. The van der Waals surface area contributed by atoms with Gasteiger partial charge < -0.3 is 14.5 Å². The minimum atomic E-state index is 0.0295. The van der Waals surface area contributed by atoms with Crippen molar-refractivity contribution in [2.24, 2.45) is 5.92 Å². The molecule has 0 N–H and O–H groups in total. The summed E-state index contributed by atoms with van der Waals surface area (Å²) in [7, 11) is 0. The molecule has 0 bridgehead atoms. The molecule has 2 saturated heterocycles. The Hall–Kier alpha value is -1.69. The van der Waals surface area contributed by atoms with Gasteiger partial charge in [0.1, 0.15) is 0 Å². The van der Waals surface area contributed by atoms with Crippen molar-refractivity contribution in [2.75, 3.05) is 37.7 Å². The molecular formula is C15H22N4O2. The molecule has 1 aromatic rings. The number of carbonyl (C=O) groups is 1. The van der Waals surface area contributed by atoms with Crippen LogP contribution in [0.1, 0.15) is 19.8 Å². The van der Waals surface area contributed by atoms with Crippen LogP contribution in [-0.4, -0.2) is 59.9 Å². The Morgan fingerprint density at radius 2 is 2.14 bits per heavy atom. The fraction of sp³-hybridized carbons (Fsp3) is 0.667. The summed E-state index contributed by atoms with van der Waals surface area (Å²) in [6.45, 7) is 5.92. The maximum absolute atomic E-state index is 12.6. The highest BCUT2D eigenvalue weighted by Gasteiger charge is 2.33. The Bertz CT molecular complexity index is 474. The lowest BCUT2D eigenvalue weighted by Gasteiger charge is -2.38. The molecule has 0 aliphatic carbocycles. The molecule has 114 valence electrons. The van der Waals surface area contributed by atoms with Gasteiger partial charge in [0.05, 0.1) is 12.0 Å². The molecule has 0 radical (unpaired) electrons. The predicted octanol–water partition coefficient (Wildman–Crippen LogP) is 0.940. The van der Waals surface area contributed by atoms with Crippen LogP contribution in [0.15, 0.2) is 18.3 Å². The van der Waals surface area contributed by atoms with Crippen LogP contribution in [0, 0.1) is 5.92 Å². The van der Waals surface area contributed by atoms with Gasteiger partial charge in [-0.3, -0.25) is 4.79 Å². The first-order chi connectivity index (χ1) is 10.3. The van der Waals surface area contributed by atoms with Crippen molar-refractivity contribution < 1.29 is 9.53 Å². The fourth-order valence-corrected chi connectivity index (χ4v) is 3.10. The highest BCUT2D eigenvalue weighted by molar-refractivity contribution is 5.79. The summed E-state index contributed by atoms with van der Waals surface area (Å²) < 4.78 is 5.62. The molecule has 0 aromatic carbocycles. The van der Waals surface area contributed by atoms with Gasteiger partial charge in [-0.05, 0) is 31.9 Å². The quantitative estimate of drug-likeness (QED) is 0.811. The summed E-state index contributed by atoms with van der Waals surface area (Å²) in [6, 6.07) is 3.85. The van der Waals surface area contributed by atoms with Crippen LogP contribution in [0.5, 0.6) is 0 Å². The van der Waals surface area contributed by atoms with E-state index in [1.165, 1.54) is 0 Å². The van der Waals surface area contributed by atoms with E-state index in [1.807, 2.05) is 24.0 Å². The number of nitrogens with zero attached hydrogens (tertiary/aromatic N) is 4. The third-order valence-electron chi connectivity index (χ3n) is 4.40. The van der Waals surface area contributed by atoms with Crippen LogP contribution in [0.25, 0.3) is 0 Å². The molecule has 3 rings (SSSR count). The molecule has 2 atom stereocenters. The van der Waals surface area contributed by atoms with Crippen LogP contribution >= 0.6 is 0 Å². The molecule has 0 saturated carbocycles. The van der Waals surface area contributed by atoms with Crippen LogP contribution in [0.3, 0.4) is 0 Å². The number of amides is 1. The van der Waals surface area contributed by atoms with E-state index in [2.05, 4.69) is 15.1 Å². The second-order valence-corrected chi connectivity index (χ2v) is 5.72. The first kappa shape index (κ1) is 14.3. The van der Waals surface area contributed by atoms with Gasteiger partial charge >= 0.3 is 0 Å². The number of hydrogen-bond donors (Lipinski definition) is 0.